The van der Waals surface area contributed by atoms with Gasteiger partial charge in [0.15, 0.2) is 5.78 Å². The minimum atomic E-state index is -0.565. The number of halogens is 1. The number of allylic oxidation sites excluding steroid dienone is 2. The van der Waals surface area contributed by atoms with Gasteiger partial charge in [0.1, 0.15) is 5.75 Å². The number of benzene rings is 2. The average molecular weight is 487 g/mol. The number of ketones is 1. The van der Waals surface area contributed by atoms with Crippen LogP contribution < -0.4 is 5.32 Å². The number of nitrogens with one attached hydrogen (secondary N) is 1. The summed E-state index contributed by atoms with van der Waals surface area (Å²) in [5, 5.41) is 13.2. The Morgan fingerprint density at radius 3 is 2.61 bits per heavy atom. The van der Waals surface area contributed by atoms with Crippen molar-refractivity contribution < 1.29 is 19.4 Å². The maximum absolute atomic E-state index is 13.3. The number of phenolic OH excluding ortho intramolecular Hbond substituents is 1. The predicted molar refractivity (Wildman–Crippen MR) is 114 cm³/mol. The second kappa shape index (κ2) is 7.09. The molecule has 1 heterocycles. The number of Topliss-reactive ketones (excluding diaryl/α,β-unsaturated/α-hetero) is 1. The maximum atomic E-state index is 13.3. The van der Waals surface area contributed by atoms with Gasteiger partial charge in [0, 0.05) is 28.3 Å². The zero-order valence-electron chi connectivity index (χ0n) is 15.4. The van der Waals surface area contributed by atoms with Crippen LogP contribution in [0.1, 0.15) is 41.3 Å². The lowest BCUT2D eigenvalue weighted by Crippen LogP contribution is -2.29. The van der Waals surface area contributed by atoms with Crippen LogP contribution in [0.25, 0.3) is 5.70 Å². The first-order chi connectivity index (χ1) is 13.4. The van der Waals surface area contributed by atoms with E-state index >= 15 is 0 Å². The highest BCUT2D eigenvalue weighted by molar-refractivity contribution is 14.1. The molecule has 0 unspecified atom stereocenters. The number of hydrogen-bond acceptors (Lipinski definition) is 5. The summed E-state index contributed by atoms with van der Waals surface area (Å²) in [6.07, 6.45) is 0. The van der Waals surface area contributed by atoms with Crippen molar-refractivity contribution in [2.24, 2.45) is 0 Å². The largest absolute Gasteiger partial charge is 0.507 e. The molecule has 5 nitrogen and oxygen atoms in total. The fourth-order valence-corrected chi connectivity index (χ4v) is 4.38. The molecule has 2 aliphatic rings. The molecule has 28 heavy (non-hydrogen) atoms. The summed E-state index contributed by atoms with van der Waals surface area (Å²) in [4.78, 5) is 26.1. The van der Waals surface area contributed by atoms with Crippen LogP contribution >= 0.6 is 22.6 Å². The maximum Gasteiger partial charge on any atom is 0.336 e. The van der Waals surface area contributed by atoms with Gasteiger partial charge in [-0.1, -0.05) is 30.3 Å². The second-order valence-corrected chi connectivity index (χ2v) is 7.85. The minimum Gasteiger partial charge on any atom is -0.507 e. The Bertz CT molecular complexity index is 1080. The summed E-state index contributed by atoms with van der Waals surface area (Å²) in [6.45, 7) is 3.82. The number of dihydropyridines is 1. The van der Waals surface area contributed by atoms with Crippen LogP contribution in [0.15, 0.2) is 59.3 Å². The van der Waals surface area contributed by atoms with Crippen molar-refractivity contribution in [1.29, 1.82) is 0 Å². The highest BCUT2D eigenvalue weighted by Gasteiger charge is 2.42. The summed E-state index contributed by atoms with van der Waals surface area (Å²) in [5.74, 6) is -0.951. The van der Waals surface area contributed by atoms with E-state index in [2.05, 4.69) is 5.32 Å². The topological polar surface area (TPSA) is 75.6 Å². The van der Waals surface area contributed by atoms with Gasteiger partial charge in [0.05, 0.1) is 21.4 Å². The summed E-state index contributed by atoms with van der Waals surface area (Å²) < 4.78 is 5.95. The Hall–Kier alpha value is -2.61. The molecule has 1 atom stereocenters. The summed E-state index contributed by atoms with van der Waals surface area (Å²) in [5.41, 5.74) is 4.58. The van der Waals surface area contributed by atoms with E-state index in [0.717, 1.165) is 16.8 Å². The highest BCUT2D eigenvalue weighted by atomic mass is 127. The molecule has 6 heteroatoms. The summed E-state index contributed by atoms with van der Waals surface area (Å²) in [6, 6.07) is 12.6. The molecule has 142 valence electrons. The number of rotatable bonds is 3. The quantitative estimate of drug-likeness (QED) is 0.503. The van der Waals surface area contributed by atoms with E-state index in [4.69, 9.17) is 4.74 Å². The van der Waals surface area contributed by atoms with E-state index in [0.29, 0.717) is 26.0 Å². The monoisotopic (exact) mass is 487 g/mol. The van der Waals surface area contributed by atoms with Gasteiger partial charge in [0.2, 0.25) is 0 Å². The normalized spacial score (nSPS) is 18.0. The van der Waals surface area contributed by atoms with Crippen molar-refractivity contribution in [2.45, 2.75) is 19.8 Å². The number of carbonyl (C=O) groups excluding carboxylic acids is 2. The standard InChI is InChI=1S/C22H18INO4/c1-3-28-22(27)17-11(2)24-20-13-6-4-5-7-14(13)21(26)19(20)18(17)12-8-9-16(25)15(23)10-12/h4-10,18,24-25H,3H2,1-2H3/t18-/m1/s1. The molecular formula is C22H18INO4. The molecule has 0 spiro atoms. The third kappa shape index (κ3) is 2.83. The summed E-state index contributed by atoms with van der Waals surface area (Å²) >= 11 is 2.04. The van der Waals surface area contributed by atoms with Crippen LogP contribution in [0.3, 0.4) is 0 Å². The zero-order chi connectivity index (χ0) is 20.0. The van der Waals surface area contributed by atoms with Gasteiger partial charge < -0.3 is 15.2 Å². The van der Waals surface area contributed by atoms with Crippen LogP contribution in [0.4, 0.5) is 0 Å². The Balaban J connectivity index is 1.94. The van der Waals surface area contributed by atoms with Crippen LogP contribution in [0, 0.1) is 3.57 Å². The SMILES string of the molecule is CCOC(=O)C1=C(C)NC2=C(C(=O)c3ccccc32)[C@@H]1c1ccc(O)c(I)c1. The number of fused-ring (bicyclic) bond motifs is 2. The van der Waals surface area contributed by atoms with Crippen molar-refractivity contribution in [2.75, 3.05) is 6.61 Å². The number of ether oxygens (including phenoxy) is 1. The second-order valence-electron chi connectivity index (χ2n) is 6.69. The minimum absolute atomic E-state index is 0.0968. The van der Waals surface area contributed by atoms with E-state index < -0.39 is 11.9 Å². The number of aromatic hydroxyl groups is 1. The summed E-state index contributed by atoms with van der Waals surface area (Å²) in [7, 11) is 0. The number of phenols is 1. The lowest BCUT2D eigenvalue weighted by atomic mass is 9.80. The predicted octanol–water partition coefficient (Wildman–Crippen LogP) is 4.13. The fraction of sp³-hybridized carbons (Fsp3) is 0.182. The molecule has 0 saturated heterocycles. The molecular weight excluding hydrogens is 469 g/mol. The van der Waals surface area contributed by atoms with Crippen molar-refractivity contribution >= 4 is 40.0 Å². The van der Waals surface area contributed by atoms with Crippen molar-refractivity contribution in [3.05, 3.63) is 79.6 Å². The number of hydrogen-bond donors (Lipinski definition) is 2. The Labute approximate surface area is 176 Å². The first-order valence-corrected chi connectivity index (χ1v) is 10.0. The van der Waals surface area contributed by atoms with Crippen molar-refractivity contribution in [3.8, 4) is 5.75 Å². The van der Waals surface area contributed by atoms with Gasteiger partial charge in [-0.3, -0.25) is 4.79 Å². The van der Waals surface area contributed by atoms with E-state index in [-0.39, 0.29) is 18.1 Å². The molecule has 0 bridgehead atoms. The molecule has 0 radical (unpaired) electrons. The van der Waals surface area contributed by atoms with Crippen LogP contribution in [-0.2, 0) is 9.53 Å². The van der Waals surface area contributed by atoms with E-state index in [1.54, 1.807) is 31.2 Å². The van der Waals surface area contributed by atoms with Gasteiger partial charge in [-0.05, 0) is 54.1 Å². The average Bonchev–Trinajstić information content (AvgIpc) is 2.95. The lowest BCUT2D eigenvalue weighted by Gasteiger charge is -2.29. The third-order valence-electron chi connectivity index (χ3n) is 5.05. The molecule has 0 aromatic heterocycles. The molecule has 0 saturated carbocycles. The fourth-order valence-electron chi connectivity index (χ4n) is 3.84. The first-order valence-electron chi connectivity index (χ1n) is 8.95. The van der Waals surface area contributed by atoms with Crippen LogP contribution in [0.2, 0.25) is 0 Å². The molecule has 0 amide bonds. The Kier molecular flexibility index (Phi) is 4.74. The van der Waals surface area contributed by atoms with E-state index in [1.807, 2.05) is 47.7 Å². The number of esters is 1. The van der Waals surface area contributed by atoms with Crippen molar-refractivity contribution in [1.82, 2.24) is 5.32 Å². The lowest BCUT2D eigenvalue weighted by molar-refractivity contribution is -0.138. The van der Waals surface area contributed by atoms with Gasteiger partial charge in [0.25, 0.3) is 0 Å². The Morgan fingerprint density at radius 1 is 1.21 bits per heavy atom. The molecule has 1 aliphatic heterocycles. The molecule has 2 aromatic rings. The molecule has 0 fully saturated rings. The Morgan fingerprint density at radius 2 is 1.93 bits per heavy atom. The highest BCUT2D eigenvalue weighted by Crippen LogP contribution is 2.47. The third-order valence-corrected chi connectivity index (χ3v) is 5.91. The zero-order valence-corrected chi connectivity index (χ0v) is 17.5. The molecule has 4 rings (SSSR count). The van der Waals surface area contributed by atoms with E-state index in [1.165, 1.54) is 0 Å². The van der Waals surface area contributed by atoms with Gasteiger partial charge >= 0.3 is 5.97 Å². The molecule has 1 aliphatic carbocycles. The van der Waals surface area contributed by atoms with Crippen LogP contribution in [-0.4, -0.2) is 23.5 Å². The molecule has 2 N–H and O–H groups in total. The number of carbonyl (C=O) groups is 2. The van der Waals surface area contributed by atoms with Gasteiger partial charge in [-0.2, -0.15) is 0 Å². The van der Waals surface area contributed by atoms with E-state index in [9.17, 15) is 14.7 Å². The molecule has 2 aromatic carbocycles. The van der Waals surface area contributed by atoms with Gasteiger partial charge in [-0.15, -0.1) is 0 Å². The smallest absolute Gasteiger partial charge is 0.336 e. The van der Waals surface area contributed by atoms with Gasteiger partial charge in [-0.25, -0.2) is 4.79 Å². The van der Waals surface area contributed by atoms with Crippen LogP contribution in [0.5, 0.6) is 5.75 Å². The first kappa shape index (κ1) is 18.7. The van der Waals surface area contributed by atoms with Crippen molar-refractivity contribution in [3.63, 3.8) is 0 Å².